The third-order valence-corrected chi connectivity index (χ3v) is 3.88. The highest BCUT2D eigenvalue weighted by Crippen LogP contribution is 2.21. The molecule has 0 saturated carbocycles. The zero-order chi connectivity index (χ0) is 15.2. The maximum Gasteiger partial charge on any atom is 0.321 e. The highest BCUT2D eigenvalue weighted by Gasteiger charge is 2.04. The Bertz CT molecular complexity index is 630. The second kappa shape index (κ2) is 7.28. The summed E-state index contributed by atoms with van der Waals surface area (Å²) >= 11 is 7.43. The molecule has 0 radical (unpaired) electrons. The third-order valence-electron chi connectivity index (χ3n) is 2.64. The number of anilines is 1. The number of aryl methyl sites for hydroxylation is 2. The quantitative estimate of drug-likeness (QED) is 0.825. The van der Waals surface area contributed by atoms with Crippen LogP contribution in [0.3, 0.4) is 0 Å². The first-order valence-corrected chi connectivity index (χ1v) is 7.60. The highest BCUT2D eigenvalue weighted by molar-refractivity contribution is 7.15. The molecule has 1 aromatic heterocycles. The van der Waals surface area contributed by atoms with Crippen molar-refractivity contribution in [2.45, 2.75) is 13.8 Å². The fourth-order valence-corrected chi connectivity index (χ4v) is 2.38. The van der Waals surface area contributed by atoms with E-state index in [4.69, 9.17) is 16.3 Å². The topological polar surface area (TPSA) is 63.2 Å². The summed E-state index contributed by atoms with van der Waals surface area (Å²) in [5.74, 6) is 0.684. The van der Waals surface area contributed by atoms with E-state index in [0.717, 1.165) is 10.4 Å². The summed E-state index contributed by atoms with van der Waals surface area (Å²) in [5.41, 5.74) is 1.00. The van der Waals surface area contributed by atoms with E-state index in [1.807, 2.05) is 26.0 Å². The number of hydrogen-bond donors (Lipinski definition) is 2. The van der Waals surface area contributed by atoms with Crippen LogP contribution in [0.2, 0.25) is 5.02 Å². The lowest BCUT2D eigenvalue weighted by Gasteiger charge is -2.08. The summed E-state index contributed by atoms with van der Waals surface area (Å²) < 4.78 is 5.51. The molecule has 7 heteroatoms. The first kappa shape index (κ1) is 15.6. The maximum absolute atomic E-state index is 11.6. The van der Waals surface area contributed by atoms with E-state index in [2.05, 4.69) is 15.6 Å². The van der Waals surface area contributed by atoms with Crippen molar-refractivity contribution in [3.8, 4) is 5.75 Å². The molecule has 0 unspecified atom stereocenters. The van der Waals surface area contributed by atoms with Crippen LogP contribution in [-0.2, 0) is 0 Å². The standard InChI is InChI=1S/C14H16ClN3O2S/c1-9-3-4-11(7-12(9)15)20-6-5-16-13(19)18-14-17-8-10(2)21-14/h3-4,7-8H,5-6H2,1-2H3,(H2,16,17,18,19). The van der Waals surface area contributed by atoms with Crippen LogP contribution < -0.4 is 15.4 Å². The number of carbonyl (C=O) groups is 1. The van der Waals surface area contributed by atoms with Crippen molar-refractivity contribution < 1.29 is 9.53 Å². The van der Waals surface area contributed by atoms with Gasteiger partial charge < -0.3 is 10.1 Å². The van der Waals surface area contributed by atoms with Crippen molar-refractivity contribution in [2.75, 3.05) is 18.5 Å². The Balaban J connectivity index is 1.69. The van der Waals surface area contributed by atoms with Gasteiger partial charge in [-0.1, -0.05) is 17.7 Å². The maximum atomic E-state index is 11.6. The van der Waals surface area contributed by atoms with Gasteiger partial charge in [0, 0.05) is 16.1 Å². The second-order valence-electron chi connectivity index (χ2n) is 4.42. The number of benzene rings is 1. The zero-order valence-electron chi connectivity index (χ0n) is 11.8. The number of amides is 2. The van der Waals surface area contributed by atoms with Gasteiger partial charge in [0.25, 0.3) is 0 Å². The van der Waals surface area contributed by atoms with Gasteiger partial charge in [-0.2, -0.15) is 0 Å². The average molecular weight is 326 g/mol. The van der Waals surface area contributed by atoms with E-state index in [-0.39, 0.29) is 6.03 Å². The molecule has 0 atom stereocenters. The van der Waals surface area contributed by atoms with E-state index in [0.29, 0.717) is 29.1 Å². The molecule has 21 heavy (non-hydrogen) atoms. The molecule has 0 spiro atoms. The van der Waals surface area contributed by atoms with Gasteiger partial charge in [0.15, 0.2) is 5.13 Å². The molecule has 5 nitrogen and oxygen atoms in total. The van der Waals surface area contributed by atoms with E-state index >= 15 is 0 Å². The van der Waals surface area contributed by atoms with Crippen molar-refractivity contribution in [1.29, 1.82) is 0 Å². The molecule has 2 amide bonds. The number of carbonyl (C=O) groups excluding carboxylic acids is 1. The van der Waals surface area contributed by atoms with Gasteiger partial charge >= 0.3 is 6.03 Å². The van der Waals surface area contributed by atoms with Crippen LogP contribution in [0.4, 0.5) is 9.93 Å². The second-order valence-corrected chi connectivity index (χ2v) is 6.06. The lowest BCUT2D eigenvalue weighted by atomic mass is 10.2. The Morgan fingerprint density at radius 2 is 2.24 bits per heavy atom. The Kier molecular flexibility index (Phi) is 5.41. The van der Waals surface area contributed by atoms with Crippen LogP contribution in [0, 0.1) is 13.8 Å². The first-order valence-electron chi connectivity index (χ1n) is 6.41. The summed E-state index contributed by atoms with van der Waals surface area (Å²) in [7, 11) is 0. The molecule has 2 rings (SSSR count). The fraction of sp³-hybridized carbons (Fsp3) is 0.286. The van der Waals surface area contributed by atoms with Gasteiger partial charge in [0.05, 0.1) is 6.54 Å². The van der Waals surface area contributed by atoms with Gasteiger partial charge in [0.2, 0.25) is 0 Å². The number of nitrogens with one attached hydrogen (secondary N) is 2. The van der Waals surface area contributed by atoms with Crippen molar-refractivity contribution in [3.05, 3.63) is 39.9 Å². The smallest absolute Gasteiger partial charge is 0.321 e. The minimum Gasteiger partial charge on any atom is -0.492 e. The molecule has 112 valence electrons. The van der Waals surface area contributed by atoms with Crippen LogP contribution >= 0.6 is 22.9 Å². The molecule has 0 bridgehead atoms. The minimum absolute atomic E-state index is 0.296. The third kappa shape index (κ3) is 4.91. The van der Waals surface area contributed by atoms with Crippen LogP contribution in [-0.4, -0.2) is 24.2 Å². The molecule has 2 N–H and O–H groups in total. The van der Waals surface area contributed by atoms with Crippen molar-refractivity contribution in [1.82, 2.24) is 10.3 Å². The Morgan fingerprint density at radius 1 is 1.43 bits per heavy atom. The molecular formula is C14H16ClN3O2S. The normalized spacial score (nSPS) is 10.2. The van der Waals surface area contributed by atoms with Gasteiger partial charge in [-0.15, -0.1) is 11.3 Å². The van der Waals surface area contributed by atoms with Crippen molar-refractivity contribution >= 4 is 34.1 Å². The Morgan fingerprint density at radius 3 is 2.90 bits per heavy atom. The predicted octanol–water partition coefficient (Wildman–Crippen LogP) is 3.61. The van der Waals surface area contributed by atoms with Gasteiger partial charge in [-0.3, -0.25) is 5.32 Å². The predicted molar refractivity (Wildman–Crippen MR) is 85.6 cm³/mol. The number of halogens is 1. The molecule has 0 aliphatic rings. The summed E-state index contributed by atoms with van der Waals surface area (Å²) in [5, 5.41) is 6.60. The highest BCUT2D eigenvalue weighted by atomic mass is 35.5. The minimum atomic E-state index is -0.296. The SMILES string of the molecule is Cc1cnc(NC(=O)NCCOc2ccc(C)c(Cl)c2)s1. The number of thiazole rings is 1. The van der Waals surface area contributed by atoms with Gasteiger partial charge in [-0.05, 0) is 31.5 Å². The van der Waals surface area contributed by atoms with Crippen molar-refractivity contribution in [3.63, 3.8) is 0 Å². The van der Waals surface area contributed by atoms with Gasteiger partial charge in [-0.25, -0.2) is 9.78 Å². The molecule has 0 aliphatic heterocycles. The summed E-state index contributed by atoms with van der Waals surface area (Å²) in [6, 6.07) is 5.20. The number of nitrogens with zero attached hydrogens (tertiary/aromatic N) is 1. The zero-order valence-corrected chi connectivity index (χ0v) is 13.3. The van der Waals surface area contributed by atoms with Gasteiger partial charge in [0.1, 0.15) is 12.4 Å². The van der Waals surface area contributed by atoms with Crippen LogP contribution in [0.5, 0.6) is 5.75 Å². The molecule has 1 aromatic carbocycles. The molecule has 0 saturated heterocycles. The average Bonchev–Trinajstić information content (AvgIpc) is 2.84. The number of hydrogen-bond acceptors (Lipinski definition) is 4. The number of urea groups is 1. The van der Waals surface area contributed by atoms with Crippen LogP contribution in [0.1, 0.15) is 10.4 Å². The summed E-state index contributed by atoms with van der Waals surface area (Å²) in [4.78, 5) is 16.7. The van der Waals surface area contributed by atoms with Crippen LogP contribution in [0.15, 0.2) is 24.4 Å². The van der Waals surface area contributed by atoms with Crippen LogP contribution in [0.25, 0.3) is 0 Å². The van der Waals surface area contributed by atoms with E-state index in [9.17, 15) is 4.79 Å². The lowest BCUT2D eigenvalue weighted by Crippen LogP contribution is -2.32. The van der Waals surface area contributed by atoms with Crippen molar-refractivity contribution in [2.24, 2.45) is 0 Å². The molecule has 0 fully saturated rings. The largest absolute Gasteiger partial charge is 0.492 e. The number of ether oxygens (including phenoxy) is 1. The lowest BCUT2D eigenvalue weighted by molar-refractivity contribution is 0.247. The first-order chi connectivity index (χ1) is 10.0. The molecule has 2 aromatic rings. The van der Waals surface area contributed by atoms with E-state index in [1.54, 1.807) is 12.3 Å². The number of rotatable bonds is 5. The molecular weight excluding hydrogens is 310 g/mol. The summed E-state index contributed by atoms with van der Waals surface area (Å²) in [6.45, 7) is 4.62. The molecule has 0 aliphatic carbocycles. The van der Waals surface area contributed by atoms with E-state index in [1.165, 1.54) is 11.3 Å². The number of aromatic nitrogens is 1. The summed E-state index contributed by atoms with van der Waals surface area (Å²) in [6.07, 6.45) is 1.71. The fourth-order valence-electron chi connectivity index (χ4n) is 1.55. The van der Waals surface area contributed by atoms with E-state index < -0.39 is 0 Å². The molecule has 1 heterocycles. The Hall–Kier alpha value is -1.79. The monoisotopic (exact) mass is 325 g/mol. The Labute approximate surface area is 132 Å².